The molecule has 1 fully saturated rings. The zero-order valence-electron chi connectivity index (χ0n) is 10.1. The van der Waals surface area contributed by atoms with Crippen molar-refractivity contribution in [1.82, 2.24) is 14.7 Å². The number of morpholine rings is 1. The lowest BCUT2D eigenvalue weighted by Crippen LogP contribution is -2.43. The summed E-state index contributed by atoms with van der Waals surface area (Å²) < 4.78 is 5.98. The minimum atomic E-state index is -1.24. The first-order valence-electron chi connectivity index (χ1n) is 5.75. The summed E-state index contributed by atoms with van der Waals surface area (Å²) in [4.78, 5) is 35.8. The van der Waals surface area contributed by atoms with Crippen LogP contribution >= 0.6 is 0 Å². The van der Waals surface area contributed by atoms with Gasteiger partial charge in [0.1, 0.15) is 6.54 Å². The third-order valence-electron chi connectivity index (χ3n) is 2.73. The molecule has 0 radical (unpaired) electrons. The maximum atomic E-state index is 11.9. The second kappa shape index (κ2) is 5.61. The number of carbonyl (C=O) groups excluding carboxylic acids is 1. The van der Waals surface area contributed by atoms with Crippen molar-refractivity contribution in [2.24, 2.45) is 0 Å². The van der Waals surface area contributed by atoms with Gasteiger partial charge in [-0.3, -0.25) is 9.59 Å². The van der Waals surface area contributed by atoms with Gasteiger partial charge in [-0.05, 0) is 6.07 Å². The zero-order chi connectivity index (χ0) is 13.8. The molecular weight excluding hydrogens is 254 g/mol. The van der Waals surface area contributed by atoms with Gasteiger partial charge in [0.05, 0.1) is 13.2 Å². The Morgan fingerprint density at radius 3 is 2.63 bits per heavy atom. The van der Waals surface area contributed by atoms with Gasteiger partial charge in [0, 0.05) is 19.2 Å². The molecule has 1 amide bonds. The van der Waals surface area contributed by atoms with Crippen LogP contribution in [-0.2, 0) is 16.1 Å². The van der Waals surface area contributed by atoms with Crippen molar-refractivity contribution in [3.8, 4) is 0 Å². The molecule has 19 heavy (non-hydrogen) atoms. The Hall–Kier alpha value is -2.22. The third-order valence-corrected chi connectivity index (χ3v) is 2.73. The number of hydrogen-bond donors (Lipinski definition) is 1. The lowest BCUT2D eigenvalue weighted by Gasteiger charge is -2.26. The van der Waals surface area contributed by atoms with E-state index in [-0.39, 0.29) is 18.1 Å². The Balaban J connectivity index is 2.13. The van der Waals surface area contributed by atoms with E-state index in [2.05, 4.69) is 5.10 Å². The van der Waals surface area contributed by atoms with E-state index in [4.69, 9.17) is 9.84 Å². The van der Waals surface area contributed by atoms with Crippen LogP contribution in [-0.4, -0.2) is 58.0 Å². The molecule has 8 heteroatoms. The summed E-state index contributed by atoms with van der Waals surface area (Å²) in [6.45, 7) is 1.59. The number of carboxylic acids is 1. The average molecular weight is 267 g/mol. The molecular formula is C11H13N3O5. The zero-order valence-corrected chi connectivity index (χ0v) is 10.1. The molecule has 0 unspecified atom stereocenters. The monoisotopic (exact) mass is 267 g/mol. The van der Waals surface area contributed by atoms with E-state index in [1.807, 2.05) is 0 Å². The summed E-state index contributed by atoms with van der Waals surface area (Å²) in [6.07, 6.45) is 0. The predicted octanol–water partition coefficient (Wildman–Crippen LogP) is -1.20. The van der Waals surface area contributed by atoms with E-state index >= 15 is 0 Å². The third kappa shape index (κ3) is 3.16. The highest BCUT2D eigenvalue weighted by molar-refractivity contribution is 5.85. The van der Waals surface area contributed by atoms with Crippen molar-refractivity contribution in [2.45, 2.75) is 6.54 Å². The summed E-state index contributed by atoms with van der Waals surface area (Å²) in [6, 6.07) is 2.20. The van der Waals surface area contributed by atoms with Gasteiger partial charge in [0.25, 0.3) is 5.56 Å². The Morgan fingerprint density at radius 1 is 1.32 bits per heavy atom. The van der Waals surface area contributed by atoms with Crippen LogP contribution in [0.25, 0.3) is 0 Å². The van der Waals surface area contributed by atoms with Crippen LogP contribution in [0.3, 0.4) is 0 Å². The molecule has 0 aliphatic carbocycles. The fourth-order valence-corrected chi connectivity index (χ4v) is 1.72. The number of aromatic nitrogens is 2. The molecule has 1 aromatic rings. The van der Waals surface area contributed by atoms with Crippen LogP contribution in [0.4, 0.5) is 0 Å². The molecule has 0 bridgehead atoms. The summed E-state index contributed by atoms with van der Waals surface area (Å²) in [5, 5.41) is 12.4. The number of rotatable bonds is 3. The predicted molar refractivity (Wildman–Crippen MR) is 62.9 cm³/mol. The van der Waals surface area contributed by atoms with E-state index in [9.17, 15) is 14.4 Å². The van der Waals surface area contributed by atoms with E-state index in [1.54, 1.807) is 4.90 Å². The first-order valence-corrected chi connectivity index (χ1v) is 5.75. The second-order valence-electron chi connectivity index (χ2n) is 4.01. The SMILES string of the molecule is O=C(O)c1ccc(=O)n(CC(=O)N2CCOCC2)n1. The molecule has 1 aliphatic rings. The van der Waals surface area contributed by atoms with Gasteiger partial charge in [0.2, 0.25) is 5.91 Å². The van der Waals surface area contributed by atoms with Crippen LogP contribution in [0.2, 0.25) is 0 Å². The maximum absolute atomic E-state index is 11.9. The average Bonchev–Trinajstić information content (AvgIpc) is 2.42. The van der Waals surface area contributed by atoms with Gasteiger partial charge < -0.3 is 14.7 Å². The van der Waals surface area contributed by atoms with E-state index < -0.39 is 11.5 Å². The molecule has 1 aromatic heterocycles. The molecule has 2 rings (SSSR count). The molecule has 0 spiro atoms. The van der Waals surface area contributed by atoms with Crippen molar-refractivity contribution >= 4 is 11.9 Å². The molecule has 2 heterocycles. The van der Waals surface area contributed by atoms with E-state index in [0.29, 0.717) is 26.3 Å². The van der Waals surface area contributed by atoms with E-state index in [0.717, 1.165) is 16.8 Å². The largest absolute Gasteiger partial charge is 0.476 e. The maximum Gasteiger partial charge on any atom is 0.356 e. The van der Waals surface area contributed by atoms with Crippen LogP contribution in [0.1, 0.15) is 10.5 Å². The van der Waals surface area contributed by atoms with Crippen LogP contribution in [0, 0.1) is 0 Å². The Morgan fingerprint density at radius 2 is 2.00 bits per heavy atom. The van der Waals surface area contributed by atoms with Gasteiger partial charge >= 0.3 is 5.97 Å². The van der Waals surface area contributed by atoms with Crippen LogP contribution in [0.5, 0.6) is 0 Å². The van der Waals surface area contributed by atoms with Gasteiger partial charge in [-0.25, -0.2) is 9.48 Å². The fraction of sp³-hybridized carbons (Fsp3) is 0.455. The first kappa shape index (κ1) is 13.2. The van der Waals surface area contributed by atoms with Crippen molar-refractivity contribution in [2.75, 3.05) is 26.3 Å². The number of amides is 1. The molecule has 8 nitrogen and oxygen atoms in total. The molecule has 0 saturated carbocycles. The van der Waals surface area contributed by atoms with Crippen molar-refractivity contribution < 1.29 is 19.4 Å². The normalized spacial score (nSPS) is 15.3. The van der Waals surface area contributed by atoms with Crippen molar-refractivity contribution in [3.05, 3.63) is 28.2 Å². The molecule has 1 N–H and O–H groups in total. The highest BCUT2D eigenvalue weighted by Crippen LogP contribution is 1.99. The first-order chi connectivity index (χ1) is 9.08. The summed E-state index contributed by atoms with van der Waals surface area (Å²) in [7, 11) is 0. The number of aromatic carboxylic acids is 1. The topological polar surface area (TPSA) is 102 Å². The lowest BCUT2D eigenvalue weighted by atomic mass is 10.4. The van der Waals surface area contributed by atoms with Crippen LogP contribution < -0.4 is 5.56 Å². The summed E-state index contributed by atoms with van der Waals surface area (Å²) >= 11 is 0. The fourth-order valence-electron chi connectivity index (χ4n) is 1.72. The Bertz CT molecular complexity index is 548. The lowest BCUT2D eigenvalue weighted by molar-refractivity contribution is -0.136. The second-order valence-corrected chi connectivity index (χ2v) is 4.01. The quantitative estimate of drug-likeness (QED) is 0.738. The molecule has 0 aromatic carbocycles. The minimum absolute atomic E-state index is 0.264. The Labute approximate surface area is 108 Å². The number of carboxylic acid groups (broad SMARTS) is 1. The molecule has 1 saturated heterocycles. The summed E-state index contributed by atoms with van der Waals surface area (Å²) in [5.74, 6) is -1.52. The van der Waals surface area contributed by atoms with E-state index in [1.165, 1.54) is 0 Å². The van der Waals surface area contributed by atoms with Gasteiger partial charge in [-0.1, -0.05) is 0 Å². The van der Waals surface area contributed by atoms with Gasteiger partial charge in [-0.2, -0.15) is 5.10 Å². The minimum Gasteiger partial charge on any atom is -0.476 e. The Kier molecular flexibility index (Phi) is 3.91. The molecule has 102 valence electrons. The summed E-state index contributed by atoms with van der Waals surface area (Å²) in [5.41, 5.74) is -0.777. The number of nitrogens with zero attached hydrogens (tertiary/aromatic N) is 3. The van der Waals surface area contributed by atoms with Crippen molar-refractivity contribution in [1.29, 1.82) is 0 Å². The van der Waals surface area contributed by atoms with Gasteiger partial charge in [0.15, 0.2) is 5.69 Å². The van der Waals surface area contributed by atoms with Crippen molar-refractivity contribution in [3.63, 3.8) is 0 Å². The highest BCUT2D eigenvalue weighted by atomic mass is 16.5. The molecule has 1 aliphatic heterocycles. The van der Waals surface area contributed by atoms with Crippen LogP contribution in [0.15, 0.2) is 16.9 Å². The number of carbonyl (C=O) groups is 2. The smallest absolute Gasteiger partial charge is 0.356 e. The number of hydrogen-bond acceptors (Lipinski definition) is 5. The molecule has 0 atom stereocenters. The highest BCUT2D eigenvalue weighted by Gasteiger charge is 2.18. The van der Waals surface area contributed by atoms with Gasteiger partial charge in [-0.15, -0.1) is 0 Å². The number of ether oxygens (including phenoxy) is 1. The standard InChI is InChI=1S/C11H13N3O5/c15-9-2-1-8(11(17)18)12-14(9)7-10(16)13-3-5-19-6-4-13/h1-2H,3-7H2,(H,17,18).